The van der Waals surface area contributed by atoms with E-state index in [4.69, 9.17) is 0 Å². The Kier molecular flexibility index (Phi) is 6.77. The van der Waals surface area contributed by atoms with E-state index in [-0.39, 0.29) is 0 Å². The predicted molar refractivity (Wildman–Crippen MR) is 71.3 cm³/mol. The molecule has 0 heteroatoms. The first-order valence-corrected chi connectivity index (χ1v) is 5.88. The van der Waals surface area contributed by atoms with Gasteiger partial charge in [0.2, 0.25) is 0 Å². The third-order valence-corrected chi connectivity index (χ3v) is 2.32. The van der Waals surface area contributed by atoms with Crippen molar-refractivity contribution in [3.8, 4) is 0 Å². The predicted octanol–water partition coefficient (Wildman–Crippen LogP) is 5.18. The van der Waals surface area contributed by atoms with Crippen molar-refractivity contribution in [2.24, 2.45) is 0 Å². The molecule has 0 nitrogen and oxygen atoms in total. The maximum Gasteiger partial charge on any atom is -0.0219 e. The molecule has 0 aliphatic heterocycles. The van der Waals surface area contributed by atoms with E-state index in [1.54, 1.807) is 0 Å². The van der Waals surface area contributed by atoms with Gasteiger partial charge in [0, 0.05) is 0 Å². The van der Waals surface area contributed by atoms with E-state index in [9.17, 15) is 0 Å². The summed E-state index contributed by atoms with van der Waals surface area (Å²) >= 11 is 0. The minimum atomic E-state index is 0.615. The topological polar surface area (TPSA) is 0 Å². The standard InChI is InChI=1S/C13H18.C2H6/c1-5-6-13-9-12(10(2)3)8-7-11(13)4;1-2/h5-10H,1-4H3;1-2H3/b6-5-;. The van der Waals surface area contributed by atoms with Crippen LogP contribution in [-0.4, -0.2) is 0 Å². The van der Waals surface area contributed by atoms with Gasteiger partial charge in [-0.25, -0.2) is 0 Å². The highest BCUT2D eigenvalue weighted by molar-refractivity contribution is 5.54. The monoisotopic (exact) mass is 204 g/mol. The molecule has 0 aromatic heterocycles. The van der Waals surface area contributed by atoms with Gasteiger partial charge in [0.25, 0.3) is 0 Å². The van der Waals surface area contributed by atoms with Crippen LogP contribution in [0, 0.1) is 6.92 Å². The molecule has 0 bridgehead atoms. The summed E-state index contributed by atoms with van der Waals surface area (Å²) in [6, 6.07) is 6.69. The van der Waals surface area contributed by atoms with Gasteiger partial charge in [-0.1, -0.05) is 58.0 Å². The third kappa shape index (κ3) is 4.33. The molecule has 0 saturated carbocycles. The Hall–Kier alpha value is -1.04. The van der Waals surface area contributed by atoms with Crippen molar-refractivity contribution in [3.63, 3.8) is 0 Å². The maximum atomic E-state index is 2.28. The first kappa shape index (κ1) is 14.0. The second-order valence-electron chi connectivity index (χ2n) is 3.77. The van der Waals surface area contributed by atoms with Crippen molar-refractivity contribution in [3.05, 3.63) is 41.0 Å². The fraction of sp³-hybridized carbons (Fsp3) is 0.467. The van der Waals surface area contributed by atoms with Gasteiger partial charge >= 0.3 is 0 Å². The van der Waals surface area contributed by atoms with Gasteiger partial charge in [0.1, 0.15) is 0 Å². The molecule has 0 radical (unpaired) electrons. The molecule has 0 unspecified atom stereocenters. The lowest BCUT2D eigenvalue weighted by molar-refractivity contribution is 0.865. The summed E-state index contributed by atoms with van der Waals surface area (Å²) in [6.45, 7) is 12.7. The fourth-order valence-electron chi connectivity index (χ4n) is 1.38. The highest BCUT2D eigenvalue weighted by atomic mass is 14.1. The zero-order chi connectivity index (χ0) is 11.8. The van der Waals surface area contributed by atoms with Gasteiger partial charge in [0.15, 0.2) is 0 Å². The van der Waals surface area contributed by atoms with Gasteiger partial charge in [-0.3, -0.25) is 0 Å². The number of hydrogen-bond acceptors (Lipinski definition) is 0. The van der Waals surface area contributed by atoms with Crippen molar-refractivity contribution in [1.82, 2.24) is 0 Å². The van der Waals surface area contributed by atoms with Gasteiger partial charge in [-0.05, 0) is 36.5 Å². The van der Waals surface area contributed by atoms with Crippen LogP contribution in [0.3, 0.4) is 0 Å². The van der Waals surface area contributed by atoms with Crippen molar-refractivity contribution >= 4 is 6.08 Å². The molecule has 0 atom stereocenters. The minimum Gasteiger partial charge on any atom is -0.0871 e. The van der Waals surface area contributed by atoms with Crippen LogP contribution < -0.4 is 0 Å². The molecule has 0 heterocycles. The quantitative estimate of drug-likeness (QED) is 0.623. The smallest absolute Gasteiger partial charge is 0.0219 e. The van der Waals surface area contributed by atoms with Crippen LogP contribution in [0.15, 0.2) is 24.3 Å². The SMILES string of the molecule is C/C=C\c1cc(C(C)C)ccc1C.CC. The second kappa shape index (κ2) is 7.28. The number of aryl methyl sites for hydroxylation is 1. The van der Waals surface area contributed by atoms with E-state index < -0.39 is 0 Å². The lowest BCUT2D eigenvalue weighted by Crippen LogP contribution is -1.89. The van der Waals surface area contributed by atoms with Gasteiger partial charge in [0.05, 0.1) is 0 Å². The second-order valence-corrected chi connectivity index (χ2v) is 3.77. The summed E-state index contributed by atoms with van der Waals surface area (Å²) in [4.78, 5) is 0. The van der Waals surface area contributed by atoms with Gasteiger partial charge in [-0.2, -0.15) is 0 Å². The Morgan fingerprint density at radius 3 is 2.20 bits per heavy atom. The first-order chi connectivity index (χ1) is 7.15. The third-order valence-electron chi connectivity index (χ3n) is 2.32. The summed E-state index contributed by atoms with van der Waals surface area (Å²) < 4.78 is 0. The fourth-order valence-corrected chi connectivity index (χ4v) is 1.38. The zero-order valence-corrected chi connectivity index (χ0v) is 11.0. The normalized spacial score (nSPS) is 10.3. The largest absolute Gasteiger partial charge is 0.0871 e. The number of hydrogen-bond donors (Lipinski definition) is 0. The molecule has 15 heavy (non-hydrogen) atoms. The lowest BCUT2D eigenvalue weighted by Gasteiger charge is -2.08. The average Bonchev–Trinajstić information content (AvgIpc) is 2.24. The van der Waals surface area contributed by atoms with Crippen molar-refractivity contribution in [2.75, 3.05) is 0 Å². The molecule has 0 spiro atoms. The van der Waals surface area contributed by atoms with Gasteiger partial charge < -0.3 is 0 Å². The van der Waals surface area contributed by atoms with Crippen LogP contribution in [-0.2, 0) is 0 Å². The molecule has 0 fully saturated rings. The van der Waals surface area contributed by atoms with Crippen LogP contribution in [0.4, 0.5) is 0 Å². The van der Waals surface area contributed by atoms with Crippen LogP contribution in [0.1, 0.15) is 57.2 Å². The van der Waals surface area contributed by atoms with E-state index in [0.717, 1.165) is 0 Å². The Labute approximate surface area is 95.0 Å². The van der Waals surface area contributed by atoms with E-state index in [1.807, 2.05) is 13.8 Å². The number of rotatable bonds is 2. The summed E-state index contributed by atoms with van der Waals surface area (Å²) in [5.74, 6) is 0.615. The summed E-state index contributed by atoms with van der Waals surface area (Å²) in [5, 5.41) is 0. The van der Waals surface area contributed by atoms with Crippen LogP contribution in [0.5, 0.6) is 0 Å². The van der Waals surface area contributed by atoms with E-state index in [2.05, 4.69) is 58.0 Å². The maximum absolute atomic E-state index is 2.28. The molecule has 1 aromatic rings. The van der Waals surface area contributed by atoms with Crippen molar-refractivity contribution < 1.29 is 0 Å². The van der Waals surface area contributed by atoms with E-state index in [0.29, 0.717) is 5.92 Å². The first-order valence-electron chi connectivity index (χ1n) is 5.88. The highest BCUT2D eigenvalue weighted by Gasteiger charge is 2.00. The Balaban J connectivity index is 0.000000921. The Bertz CT molecular complexity index is 306. The number of benzene rings is 1. The Morgan fingerprint density at radius 2 is 1.73 bits per heavy atom. The average molecular weight is 204 g/mol. The van der Waals surface area contributed by atoms with Crippen molar-refractivity contribution in [1.29, 1.82) is 0 Å². The van der Waals surface area contributed by atoms with Gasteiger partial charge in [-0.15, -0.1) is 0 Å². The molecular weight excluding hydrogens is 180 g/mol. The molecule has 0 aliphatic rings. The molecule has 1 rings (SSSR count). The molecule has 84 valence electrons. The van der Waals surface area contributed by atoms with Crippen LogP contribution in [0.2, 0.25) is 0 Å². The van der Waals surface area contributed by atoms with Crippen LogP contribution >= 0.6 is 0 Å². The van der Waals surface area contributed by atoms with E-state index >= 15 is 0 Å². The zero-order valence-electron chi connectivity index (χ0n) is 11.0. The lowest BCUT2D eigenvalue weighted by atomic mass is 9.98. The summed E-state index contributed by atoms with van der Waals surface area (Å²) in [5.41, 5.74) is 4.11. The minimum absolute atomic E-state index is 0.615. The molecule has 1 aromatic carbocycles. The Morgan fingerprint density at radius 1 is 1.13 bits per heavy atom. The molecule has 0 saturated heterocycles. The number of allylic oxidation sites excluding steroid dienone is 1. The molecule has 0 N–H and O–H groups in total. The summed E-state index contributed by atoms with van der Waals surface area (Å²) in [7, 11) is 0. The molecule has 0 amide bonds. The highest BCUT2D eigenvalue weighted by Crippen LogP contribution is 2.19. The summed E-state index contributed by atoms with van der Waals surface area (Å²) in [6.07, 6.45) is 4.26. The molecular formula is C15H24. The van der Waals surface area contributed by atoms with Crippen LogP contribution in [0.25, 0.3) is 6.08 Å². The van der Waals surface area contributed by atoms with Crippen molar-refractivity contribution in [2.45, 2.75) is 47.5 Å². The molecule has 0 aliphatic carbocycles. The van der Waals surface area contributed by atoms with E-state index in [1.165, 1.54) is 16.7 Å².